The van der Waals surface area contributed by atoms with E-state index in [0.717, 1.165) is 22.4 Å². The number of halogens is 2. The fraction of sp³-hybridized carbons (Fsp3) is 0.120. The zero-order valence-electron chi connectivity index (χ0n) is 17.9. The van der Waals surface area contributed by atoms with Gasteiger partial charge >= 0.3 is 0 Å². The van der Waals surface area contributed by atoms with Gasteiger partial charge in [-0.05, 0) is 72.7 Å². The third-order valence-electron chi connectivity index (χ3n) is 5.13. The molecule has 1 saturated heterocycles. The van der Waals surface area contributed by atoms with Crippen LogP contribution in [0.3, 0.4) is 0 Å². The summed E-state index contributed by atoms with van der Waals surface area (Å²) >= 11 is 17.6. The monoisotopic (exact) mass is 498 g/mol. The molecule has 4 rings (SSSR count). The zero-order valence-corrected chi connectivity index (χ0v) is 20.2. The van der Waals surface area contributed by atoms with Crippen LogP contribution in [-0.4, -0.2) is 18.1 Å². The lowest BCUT2D eigenvalue weighted by Gasteiger charge is -2.16. The molecule has 3 aromatic carbocycles. The van der Waals surface area contributed by atoms with Crippen LogP contribution in [0.5, 0.6) is 11.5 Å². The summed E-state index contributed by atoms with van der Waals surface area (Å²) in [5.74, 6) is 0.958. The molecule has 33 heavy (non-hydrogen) atoms. The van der Waals surface area contributed by atoms with Crippen molar-refractivity contribution in [3.8, 4) is 11.5 Å². The van der Waals surface area contributed by atoms with Gasteiger partial charge < -0.3 is 14.8 Å². The van der Waals surface area contributed by atoms with Gasteiger partial charge in [-0.2, -0.15) is 0 Å². The smallest absolute Gasteiger partial charge is 0.281 e. The summed E-state index contributed by atoms with van der Waals surface area (Å²) in [6.45, 7) is 2.16. The lowest BCUT2D eigenvalue weighted by Crippen LogP contribution is -2.30. The molecule has 1 N–H and O–H groups in total. The van der Waals surface area contributed by atoms with Gasteiger partial charge in [0.25, 0.3) is 5.91 Å². The van der Waals surface area contributed by atoms with Crippen LogP contribution in [0.4, 0.5) is 5.69 Å². The van der Waals surface area contributed by atoms with Crippen LogP contribution in [0.25, 0.3) is 6.08 Å². The summed E-state index contributed by atoms with van der Waals surface area (Å²) in [4.78, 5) is 14.6. The van der Waals surface area contributed by atoms with Gasteiger partial charge in [-0.15, -0.1) is 0 Å². The zero-order chi connectivity index (χ0) is 23.5. The predicted octanol–water partition coefficient (Wildman–Crippen LogP) is 6.15. The van der Waals surface area contributed by atoms with Gasteiger partial charge in [0.1, 0.15) is 23.8 Å². The van der Waals surface area contributed by atoms with Crippen LogP contribution >= 0.6 is 35.4 Å². The van der Waals surface area contributed by atoms with E-state index in [4.69, 9.17) is 44.9 Å². The highest BCUT2D eigenvalue weighted by Crippen LogP contribution is 2.30. The van der Waals surface area contributed by atoms with E-state index in [2.05, 4.69) is 5.32 Å². The molecule has 0 aliphatic carbocycles. The van der Waals surface area contributed by atoms with Gasteiger partial charge in [-0.3, -0.25) is 9.69 Å². The second-order valence-corrected chi connectivity index (χ2v) is 8.58. The minimum Gasteiger partial charge on any atom is -0.496 e. The number of nitrogens with zero attached hydrogens (tertiary/aromatic N) is 1. The number of para-hydroxylation sites is 1. The van der Waals surface area contributed by atoms with Crippen molar-refractivity contribution in [2.75, 3.05) is 12.0 Å². The predicted molar refractivity (Wildman–Crippen MR) is 136 cm³/mol. The number of anilines is 1. The van der Waals surface area contributed by atoms with E-state index in [1.165, 1.54) is 4.90 Å². The number of nitrogens with one attached hydrogen (secondary N) is 1. The second-order valence-electron chi connectivity index (χ2n) is 7.35. The Morgan fingerprint density at radius 3 is 2.55 bits per heavy atom. The van der Waals surface area contributed by atoms with Crippen molar-refractivity contribution in [2.24, 2.45) is 0 Å². The summed E-state index contributed by atoms with van der Waals surface area (Å²) in [5.41, 5.74) is 3.69. The molecule has 0 aromatic heterocycles. The first-order valence-electron chi connectivity index (χ1n) is 10.0. The molecule has 0 unspecified atom stereocenters. The Bertz CT molecular complexity index is 1280. The standard InChI is InChI=1S/C25H20Cl2N2O3S/c1-15-5-3-4-6-21(15)29-24(30)20(28-25(29)33)12-16-7-9-22(31-2)17(11-16)14-32-23-10-8-18(26)13-19(23)27/h3-13H,14H2,1-2H3,(H,28,33)/b20-12+. The Labute approximate surface area is 207 Å². The maximum absolute atomic E-state index is 13.1. The van der Waals surface area contributed by atoms with Crippen molar-refractivity contribution in [1.29, 1.82) is 0 Å². The molecule has 1 aliphatic heterocycles. The molecular formula is C25H20Cl2N2O3S. The first-order valence-corrected chi connectivity index (χ1v) is 11.2. The summed E-state index contributed by atoms with van der Waals surface area (Å²) in [6.07, 6.45) is 1.76. The molecule has 0 spiro atoms. The quantitative estimate of drug-likeness (QED) is 0.326. The average Bonchev–Trinajstić information content (AvgIpc) is 3.06. The van der Waals surface area contributed by atoms with Gasteiger partial charge in [0.15, 0.2) is 5.11 Å². The van der Waals surface area contributed by atoms with Crippen molar-refractivity contribution in [3.63, 3.8) is 0 Å². The lowest BCUT2D eigenvalue weighted by atomic mass is 10.1. The average molecular weight is 499 g/mol. The molecule has 168 valence electrons. The van der Waals surface area contributed by atoms with Gasteiger partial charge in [0.05, 0.1) is 17.8 Å². The van der Waals surface area contributed by atoms with Crippen molar-refractivity contribution < 1.29 is 14.3 Å². The van der Waals surface area contributed by atoms with Gasteiger partial charge in [-0.1, -0.05) is 47.5 Å². The minimum atomic E-state index is -0.212. The Morgan fingerprint density at radius 1 is 1.06 bits per heavy atom. The summed E-state index contributed by atoms with van der Waals surface area (Å²) in [7, 11) is 1.59. The lowest BCUT2D eigenvalue weighted by molar-refractivity contribution is -0.113. The molecule has 8 heteroatoms. The van der Waals surface area contributed by atoms with E-state index in [-0.39, 0.29) is 12.5 Å². The highest BCUT2D eigenvalue weighted by Gasteiger charge is 2.32. The molecular weight excluding hydrogens is 479 g/mol. The number of ether oxygens (including phenoxy) is 2. The topological polar surface area (TPSA) is 50.8 Å². The van der Waals surface area contributed by atoms with Crippen LogP contribution in [0.2, 0.25) is 10.0 Å². The molecule has 0 bridgehead atoms. The van der Waals surface area contributed by atoms with E-state index >= 15 is 0 Å². The molecule has 1 amide bonds. The van der Waals surface area contributed by atoms with E-state index < -0.39 is 0 Å². The van der Waals surface area contributed by atoms with Crippen LogP contribution in [-0.2, 0) is 11.4 Å². The Morgan fingerprint density at radius 2 is 1.82 bits per heavy atom. The maximum Gasteiger partial charge on any atom is 0.281 e. The number of thiocarbonyl (C=S) groups is 1. The molecule has 5 nitrogen and oxygen atoms in total. The van der Waals surface area contributed by atoms with Gasteiger partial charge in [0, 0.05) is 10.6 Å². The number of hydrogen-bond donors (Lipinski definition) is 1. The first-order chi connectivity index (χ1) is 15.9. The number of amides is 1. The van der Waals surface area contributed by atoms with Crippen molar-refractivity contribution in [3.05, 3.63) is 93.1 Å². The maximum atomic E-state index is 13.1. The molecule has 0 radical (unpaired) electrons. The van der Waals surface area contributed by atoms with Gasteiger partial charge in [-0.25, -0.2) is 0 Å². The number of hydrogen-bond acceptors (Lipinski definition) is 4. The van der Waals surface area contributed by atoms with Crippen molar-refractivity contribution in [1.82, 2.24) is 5.32 Å². The van der Waals surface area contributed by atoms with Crippen molar-refractivity contribution in [2.45, 2.75) is 13.5 Å². The number of carbonyl (C=O) groups is 1. The fourth-order valence-corrected chi connectivity index (χ4v) is 4.24. The number of carbonyl (C=O) groups excluding carboxylic acids is 1. The summed E-state index contributed by atoms with van der Waals surface area (Å²) in [5, 5.41) is 4.32. The minimum absolute atomic E-state index is 0.212. The fourth-order valence-electron chi connectivity index (χ4n) is 3.48. The Balaban J connectivity index is 1.59. The molecule has 0 atom stereocenters. The molecule has 3 aromatic rings. The largest absolute Gasteiger partial charge is 0.496 e. The Hall–Kier alpha value is -3.06. The normalized spacial score (nSPS) is 14.5. The number of benzene rings is 3. The van der Waals surface area contributed by atoms with E-state index in [0.29, 0.717) is 32.4 Å². The molecule has 0 saturated carbocycles. The molecule has 1 fully saturated rings. The van der Waals surface area contributed by atoms with Crippen LogP contribution < -0.4 is 19.7 Å². The third kappa shape index (κ3) is 4.98. The van der Waals surface area contributed by atoms with E-state index in [1.54, 1.807) is 31.4 Å². The van der Waals surface area contributed by atoms with Crippen LogP contribution in [0.15, 0.2) is 66.4 Å². The molecule has 1 aliphatic rings. The summed E-state index contributed by atoms with van der Waals surface area (Å²) < 4.78 is 11.3. The third-order valence-corrected chi connectivity index (χ3v) is 5.94. The first kappa shape index (κ1) is 23.1. The number of methoxy groups -OCH3 is 1. The number of aryl methyl sites for hydroxylation is 1. The van der Waals surface area contributed by atoms with E-state index in [9.17, 15) is 4.79 Å². The second kappa shape index (κ2) is 9.83. The van der Waals surface area contributed by atoms with E-state index in [1.807, 2.05) is 49.4 Å². The van der Waals surface area contributed by atoms with Gasteiger partial charge in [0.2, 0.25) is 0 Å². The van der Waals surface area contributed by atoms with Crippen LogP contribution in [0, 0.1) is 6.92 Å². The molecule has 1 heterocycles. The highest BCUT2D eigenvalue weighted by atomic mass is 35.5. The Kier molecular flexibility index (Phi) is 6.88. The van der Waals surface area contributed by atoms with Crippen LogP contribution in [0.1, 0.15) is 16.7 Å². The SMILES string of the molecule is COc1ccc(/C=C2/NC(=S)N(c3ccccc3C)C2=O)cc1COc1ccc(Cl)cc1Cl. The highest BCUT2D eigenvalue weighted by molar-refractivity contribution is 7.80. The number of rotatable bonds is 6. The van der Waals surface area contributed by atoms with Crippen molar-refractivity contribution >= 4 is 58.2 Å². The summed E-state index contributed by atoms with van der Waals surface area (Å²) in [6, 6.07) is 18.2.